The van der Waals surface area contributed by atoms with Gasteiger partial charge in [-0.3, -0.25) is 4.98 Å². The minimum atomic E-state index is -0.101. The molecular weight excluding hydrogens is 456 g/mol. The minimum absolute atomic E-state index is 0.101. The summed E-state index contributed by atoms with van der Waals surface area (Å²) in [6, 6.07) is 11.0. The number of hydrogen-bond donors (Lipinski definition) is 3. The number of aromatic nitrogens is 4. The van der Waals surface area contributed by atoms with Crippen LogP contribution in [0.4, 0.5) is 11.8 Å². The number of aryl methyl sites for hydroxylation is 2. The fourth-order valence-electron chi connectivity index (χ4n) is 5.14. The minimum Gasteiger partial charge on any atom is -0.396 e. The second-order valence-electron chi connectivity index (χ2n) is 9.99. The van der Waals surface area contributed by atoms with Crippen molar-refractivity contribution in [2.24, 2.45) is 5.92 Å². The van der Waals surface area contributed by atoms with Crippen LogP contribution in [-0.2, 0) is 5.54 Å². The van der Waals surface area contributed by atoms with E-state index in [-0.39, 0.29) is 18.2 Å². The lowest BCUT2D eigenvalue weighted by molar-refractivity contribution is 0.229. The lowest BCUT2D eigenvalue weighted by Gasteiger charge is -2.22. The Bertz CT molecular complexity index is 1330. The molecule has 2 aliphatic rings. The molecule has 7 nitrogen and oxygen atoms in total. The standard InChI is InChI=1S/C27H30N6OS/c1-16-3-6-19(7-4-16)27(10-11-27)33-26-29-17(2)23(25-31-21-14-28-12-9-22(21)35-25)24(32-26)30-20-8-5-18(13-20)15-34/h3-4,6-7,9,12,14,18,20,34H,5,8,10-11,13,15H2,1-2H3,(H2,29,30,32,33)/t18-,20+/m1/s1. The van der Waals surface area contributed by atoms with E-state index in [1.165, 1.54) is 11.1 Å². The van der Waals surface area contributed by atoms with Crippen molar-refractivity contribution < 1.29 is 5.11 Å². The van der Waals surface area contributed by atoms with Crippen molar-refractivity contribution in [1.82, 2.24) is 19.9 Å². The Hall–Kier alpha value is -3.10. The van der Waals surface area contributed by atoms with Crippen molar-refractivity contribution in [3.05, 3.63) is 59.5 Å². The topological polar surface area (TPSA) is 95.9 Å². The number of nitrogens with one attached hydrogen (secondary N) is 2. The first-order valence-electron chi connectivity index (χ1n) is 12.4. The number of thiazole rings is 1. The summed E-state index contributed by atoms with van der Waals surface area (Å²) in [5.41, 5.74) is 5.17. The molecule has 2 aliphatic carbocycles. The first-order chi connectivity index (χ1) is 17.0. The second kappa shape index (κ2) is 8.84. The molecule has 4 aromatic rings. The number of nitrogens with zero attached hydrogens (tertiary/aromatic N) is 4. The van der Waals surface area contributed by atoms with E-state index in [2.05, 4.69) is 46.8 Å². The van der Waals surface area contributed by atoms with Crippen molar-refractivity contribution in [1.29, 1.82) is 0 Å². The zero-order chi connectivity index (χ0) is 24.0. The number of hydrogen-bond acceptors (Lipinski definition) is 8. The van der Waals surface area contributed by atoms with Crippen LogP contribution in [0.25, 0.3) is 20.8 Å². The molecule has 3 heterocycles. The summed E-state index contributed by atoms with van der Waals surface area (Å²) in [4.78, 5) is 19.0. The molecule has 2 atom stereocenters. The molecule has 6 rings (SSSR count). The normalized spacial score (nSPS) is 20.8. The van der Waals surface area contributed by atoms with E-state index in [1.807, 2.05) is 13.0 Å². The number of rotatable bonds is 7. The second-order valence-corrected chi connectivity index (χ2v) is 11.0. The van der Waals surface area contributed by atoms with E-state index in [0.29, 0.717) is 11.9 Å². The van der Waals surface area contributed by atoms with E-state index < -0.39 is 0 Å². The number of aliphatic hydroxyl groups excluding tert-OH is 1. The highest BCUT2D eigenvalue weighted by atomic mass is 32.1. The average Bonchev–Trinajstić information content (AvgIpc) is 3.28. The van der Waals surface area contributed by atoms with E-state index in [9.17, 15) is 5.11 Å². The highest BCUT2D eigenvalue weighted by molar-refractivity contribution is 7.21. The third kappa shape index (κ3) is 4.36. The Morgan fingerprint density at radius 2 is 1.89 bits per heavy atom. The Kier molecular flexibility index (Phi) is 5.65. The molecule has 2 fully saturated rings. The van der Waals surface area contributed by atoms with Gasteiger partial charge in [0.25, 0.3) is 0 Å². The van der Waals surface area contributed by atoms with Gasteiger partial charge in [0.05, 0.1) is 27.7 Å². The fraction of sp³-hybridized carbons (Fsp3) is 0.407. The maximum Gasteiger partial charge on any atom is 0.225 e. The van der Waals surface area contributed by atoms with E-state index in [1.54, 1.807) is 23.7 Å². The predicted octanol–water partition coefficient (Wildman–Crippen LogP) is 5.44. The van der Waals surface area contributed by atoms with Gasteiger partial charge >= 0.3 is 0 Å². The molecule has 1 aromatic carbocycles. The van der Waals surface area contributed by atoms with Crippen LogP contribution in [0.15, 0.2) is 42.7 Å². The fourth-order valence-corrected chi connectivity index (χ4v) is 6.17. The SMILES string of the molecule is Cc1ccc(C2(Nc3nc(C)c(-c4nc5cnccc5s4)c(N[C@H]4CC[C@@H](CO)C4)n3)CC2)cc1. The number of anilines is 2. The Balaban J connectivity index is 1.37. The molecule has 0 amide bonds. The van der Waals surface area contributed by atoms with Gasteiger partial charge in [-0.2, -0.15) is 4.98 Å². The molecule has 3 aromatic heterocycles. The van der Waals surface area contributed by atoms with Gasteiger partial charge in [-0.15, -0.1) is 11.3 Å². The summed E-state index contributed by atoms with van der Waals surface area (Å²) < 4.78 is 1.10. The molecule has 8 heteroatoms. The van der Waals surface area contributed by atoms with Crippen LogP contribution >= 0.6 is 11.3 Å². The molecule has 0 spiro atoms. The zero-order valence-corrected chi connectivity index (χ0v) is 20.9. The van der Waals surface area contributed by atoms with Crippen LogP contribution in [0.1, 0.15) is 48.9 Å². The summed E-state index contributed by atoms with van der Waals surface area (Å²) >= 11 is 1.64. The summed E-state index contributed by atoms with van der Waals surface area (Å²) in [6.45, 7) is 4.39. The average molecular weight is 487 g/mol. The van der Waals surface area contributed by atoms with Gasteiger partial charge in [-0.05, 0) is 63.5 Å². The largest absolute Gasteiger partial charge is 0.396 e. The molecule has 35 heavy (non-hydrogen) atoms. The van der Waals surface area contributed by atoms with Gasteiger partial charge in [-0.25, -0.2) is 9.97 Å². The van der Waals surface area contributed by atoms with Crippen LogP contribution in [0.5, 0.6) is 0 Å². The number of pyridine rings is 1. The van der Waals surface area contributed by atoms with Gasteiger partial charge in [0.2, 0.25) is 5.95 Å². The van der Waals surface area contributed by atoms with E-state index >= 15 is 0 Å². The van der Waals surface area contributed by atoms with Crippen LogP contribution in [0.2, 0.25) is 0 Å². The van der Waals surface area contributed by atoms with Gasteiger partial charge in [-0.1, -0.05) is 29.8 Å². The quantitative estimate of drug-likeness (QED) is 0.320. The Morgan fingerprint density at radius 3 is 2.60 bits per heavy atom. The van der Waals surface area contributed by atoms with Gasteiger partial charge in [0.1, 0.15) is 16.3 Å². The number of aliphatic hydroxyl groups is 1. The lowest BCUT2D eigenvalue weighted by atomic mass is 10.0. The molecule has 2 saturated carbocycles. The predicted molar refractivity (Wildman–Crippen MR) is 141 cm³/mol. The molecule has 0 aliphatic heterocycles. The van der Waals surface area contributed by atoms with Crippen LogP contribution in [-0.4, -0.2) is 37.7 Å². The maximum absolute atomic E-state index is 9.63. The molecule has 0 bridgehead atoms. The third-order valence-corrected chi connectivity index (χ3v) is 8.39. The van der Waals surface area contributed by atoms with Crippen LogP contribution < -0.4 is 10.6 Å². The summed E-state index contributed by atoms with van der Waals surface area (Å²) in [5.74, 6) is 1.81. The smallest absolute Gasteiger partial charge is 0.225 e. The highest BCUT2D eigenvalue weighted by Gasteiger charge is 2.45. The van der Waals surface area contributed by atoms with Crippen molar-refractivity contribution in [2.75, 3.05) is 17.2 Å². The maximum atomic E-state index is 9.63. The molecular formula is C27H30N6OS. The number of fused-ring (bicyclic) bond motifs is 1. The molecule has 0 radical (unpaired) electrons. The summed E-state index contributed by atoms with van der Waals surface area (Å²) in [7, 11) is 0. The summed E-state index contributed by atoms with van der Waals surface area (Å²) in [5, 5.41) is 17.9. The van der Waals surface area contributed by atoms with E-state index in [4.69, 9.17) is 15.0 Å². The van der Waals surface area contributed by atoms with Gasteiger partial charge in [0.15, 0.2) is 0 Å². The van der Waals surface area contributed by atoms with Crippen molar-refractivity contribution in [3.63, 3.8) is 0 Å². The van der Waals surface area contributed by atoms with Crippen LogP contribution in [0, 0.1) is 19.8 Å². The summed E-state index contributed by atoms with van der Waals surface area (Å²) in [6.07, 6.45) is 8.72. The molecule has 0 saturated heterocycles. The molecule has 0 unspecified atom stereocenters. The van der Waals surface area contributed by atoms with Crippen molar-refractivity contribution in [3.8, 4) is 10.6 Å². The van der Waals surface area contributed by atoms with Gasteiger partial charge in [0, 0.05) is 18.8 Å². The van der Waals surface area contributed by atoms with Crippen molar-refractivity contribution >= 4 is 33.3 Å². The Labute approximate surface area is 209 Å². The Morgan fingerprint density at radius 1 is 1.06 bits per heavy atom. The molecule has 180 valence electrons. The number of benzene rings is 1. The highest BCUT2D eigenvalue weighted by Crippen LogP contribution is 2.48. The monoisotopic (exact) mass is 486 g/mol. The lowest BCUT2D eigenvalue weighted by Crippen LogP contribution is -2.23. The van der Waals surface area contributed by atoms with Crippen molar-refractivity contribution in [2.45, 2.75) is 57.5 Å². The van der Waals surface area contributed by atoms with E-state index in [0.717, 1.165) is 64.4 Å². The third-order valence-electron chi connectivity index (χ3n) is 7.34. The van der Waals surface area contributed by atoms with Gasteiger partial charge < -0.3 is 15.7 Å². The van der Waals surface area contributed by atoms with Crippen LogP contribution in [0.3, 0.4) is 0 Å². The first-order valence-corrected chi connectivity index (χ1v) is 13.2. The zero-order valence-electron chi connectivity index (χ0n) is 20.1. The molecule has 3 N–H and O–H groups in total. The first kappa shape index (κ1) is 22.4.